The van der Waals surface area contributed by atoms with Gasteiger partial charge >= 0.3 is 5.97 Å². The molecule has 3 N–H and O–H groups in total. The standard InChI is InChI=1S/C26H24ClN3O5/c1-17(18-7-3-2-4-8-18)29-26(34)21-9-5-6-10-22(21)30-23(31)16-35-24(32)15-28-25(33)19-11-13-20(27)14-12-19/h2-14,17H,15-16H2,1H3,(H,28,33)(H,29,34)(H,30,31). The van der Waals surface area contributed by atoms with Crippen molar-refractivity contribution in [2.45, 2.75) is 13.0 Å². The van der Waals surface area contributed by atoms with E-state index in [9.17, 15) is 19.2 Å². The first-order chi connectivity index (χ1) is 16.8. The molecule has 0 aliphatic rings. The highest BCUT2D eigenvalue weighted by Crippen LogP contribution is 2.18. The van der Waals surface area contributed by atoms with Gasteiger partial charge in [0.05, 0.1) is 17.3 Å². The predicted octanol–water partition coefficient (Wildman–Crippen LogP) is 3.74. The second-order valence-corrected chi connectivity index (χ2v) is 7.99. The van der Waals surface area contributed by atoms with Crippen LogP contribution in [0.5, 0.6) is 0 Å². The van der Waals surface area contributed by atoms with E-state index >= 15 is 0 Å². The highest BCUT2D eigenvalue weighted by molar-refractivity contribution is 6.30. The summed E-state index contributed by atoms with van der Waals surface area (Å²) in [7, 11) is 0. The molecule has 8 nitrogen and oxygen atoms in total. The molecule has 0 aliphatic carbocycles. The Kier molecular flexibility index (Phi) is 8.97. The van der Waals surface area contributed by atoms with Crippen LogP contribution in [0.3, 0.4) is 0 Å². The zero-order chi connectivity index (χ0) is 25.2. The molecule has 0 saturated carbocycles. The van der Waals surface area contributed by atoms with Crippen LogP contribution in [0.1, 0.15) is 39.2 Å². The maximum atomic E-state index is 12.8. The highest BCUT2D eigenvalue weighted by Gasteiger charge is 2.17. The van der Waals surface area contributed by atoms with Crippen molar-refractivity contribution in [1.82, 2.24) is 10.6 Å². The number of hydrogen-bond donors (Lipinski definition) is 3. The molecule has 35 heavy (non-hydrogen) atoms. The van der Waals surface area contributed by atoms with Gasteiger partial charge in [0.25, 0.3) is 17.7 Å². The van der Waals surface area contributed by atoms with Gasteiger partial charge in [0.2, 0.25) is 0 Å². The topological polar surface area (TPSA) is 114 Å². The molecule has 3 aromatic carbocycles. The van der Waals surface area contributed by atoms with Crippen molar-refractivity contribution in [1.29, 1.82) is 0 Å². The first-order valence-corrected chi connectivity index (χ1v) is 11.2. The number of benzene rings is 3. The Hall–Kier alpha value is -4.17. The molecular weight excluding hydrogens is 470 g/mol. The van der Waals surface area contributed by atoms with Crippen molar-refractivity contribution in [3.05, 3.63) is 101 Å². The summed E-state index contributed by atoms with van der Waals surface area (Å²) in [5, 5.41) is 8.37. The second kappa shape index (κ2) is 12.3. The van der Waals surface area contributed by atoms with Gasteiger partial charge in [-0.05, 0) is 48.9 Å². The molecule has 0 saturated heterocycles. The lowest BCUT2D eigenvalue weighted by molar-refractivity contribution is -0.146. The van der Waals surface area contributed by atoms with Crippen molar-refractivity contribution in [2.75, 3.05) is 18.5 Å². The highest BCUT2D eigenvalue weighted by atomic mass is 35.5. The molecule has 0 aromatic heterocycles. The third-order valence-electron chi connectivity index (χ3n) is 4.96. The van der Waals surface area contributed by atoms with Gasteiger partial charge < -0.3 is 20.7 Å². The van der Waals surface area contributed by atoms with Gasteiger partial charge in [-0.1, -0.05) is 54.1 Å². The van der Waals surface area contributed by atoms with E-state index in [1.165, 1.54) is 12.1 Å². The van der Waals surface area contributed by atoms with Gasteiger partial charge in [0.1, 0.15) is 6.54 Å². The Morgan fingerprint density at radius 1 is 0.857 bits per heavy atom. The van der Waals surface area contributed by atoms with Crippen molar-refractivity contribution in [3.63, 3.8) is 0 Å². The molecule has 9 heteroatoms. The molecule has 0 aliphatic heterocycles. The molecule has 0 heterocycles. The summed E-state index contributed by atoms with van der Waals surface area (Å²) in [5.74, 6) is -2.25. The molecule has 3 aromatic rings. The van der Waals surface area contributed by atoms with Gasteiger partial charge in [-0.15, -0.1) is 0 Å². The zero-order valence-corrected chi connectivity index (χ0v) is 19.7. The largest absolute Gasteiger partial charge is 0.454 e. The fourth-order valence-electron chi connectivity index (χ4n) is 3.13. The van der Waals surface area contributed by atoms with Crippen LogP contribution in [0, 0.1) is 0 Å². The molecular formula is C26H24ClN3O5. The number of rotatable bonds is 9. The van der Waals surface area contributed by atoms with E-state index < -0.39 is 30.9 Å². The van der Waals surface area contributed by atoms with Crippen LogP contribution in [-0.2, 0) is 14.3 Å². The maximum Gasteiger partial charge on any atom is 0.325 e. The maximum absolute atomic E-state index is 12.8. The van der Waals surface area contributed by atoms with E-state index in [0.29, 0.717) is 10.6 Å². The van der Waals surface area contributed by atoms with Crippen LogP contribution >= 0.6 is 11.6 Å². The number of anilines is 1. The fraction of sp³-hybridized carbons (Fsp3) is 0.154. The number of ether oxygens (including phenoxy) is 1. The SMILES string of the molecule is CC(NC(=O)c1ccccc1NC(=O)COC(=O)CNC(=O)c1ccc(Cl)cc1)c1ccccc1. The van der Waals surface area contributed by atoms with E-state index in [0.717, 1.165) is 5.56 Å². The molecule has 180 valence electrons. The molecule has 0 fully saturated rings. The van der Waals surface area contributed by atoms with E-state index in [4.69, 9.17) is 16.3 Å². The Bertz CT molecular complexity index is 1200. The van der Waals surface area contributed by atoms with Crippen molar-refractivity contribution < 1.29 is 23.9 Å². The van der Waals surface area contributed by atoms with Crippen molar-refractivity contribution >= 4 is 41.0 Å². The van der Waals surface area contributed by atoms with E-state index in [1.54, 1.807) is 36.4 Å². The van der Waals surface area contributed by atoms with Gasteiger partial charge in [-0.2, -0.15) is 0 Å². The Labute approximate surface area is 207 Å². The lowest BCUT2D eigenvalue weighted by Gasteiger charge is -2.16. The minimum atomic E-state index is -0.787. The van der Waals surface area contributed by atoms with Crippen LogP contribution in [0.15, 0.2) is 78.9 Å². The molecule has 0 spiro atoms. The van der Waals surface area contributed by atoms with E-state index in [-0.39, 0.29) is 23.2 Å². The van der Waals surface area contributed by atoms with Gasteiger partial charge in [0, 0.05) is 10.6 Å². The van der Waals surface area contributed by atoms with E-state index in [2.05, 4.69) is 16.0 Å². The number of hydrogen-bond acceptors (Lipinski definition) is 5. The zero-order valence-electron chi connectivity index (χ0n) is 18.9. The number of carbonyl (C=O) groups is 4. The third kappa shape index (κ3) is 7.68. The third-order valence-corrected chi connectivity index (χ3v) is 5.21. The number of carbonyl (C=O) groups excluding carboxylic acids is 4. The summed E-state index contributed by atoms with van der Waals surface area (Å²) in [4.78, 5) is 49.0. The average Bonchev–Trinajstić information content (AvgIpc) is 2.87. The second-order valence-electron chi connectivity index (χ2n) is 7.55. The number of para-hydroxylation sites is 1. The Morgan fingerprint density at radius 3 is 2.23 bits per heavy atom. The lowest BCUT2D eigenvalue weighted by atomic mass is 10.1. The van der Waals surface area contributed by atoms with Crippen molar-refractivity contribution in [2.24, 2.45) is 0 Å². The number of nitrogens with one attached hydrogen (secondary N) is 3. The summed E-state index contributed by atoms with van der Waals surface area (Å²) in [5.41, 5.74) is 1.82. The monoisotopic (exact) mass is 493 g/mol. The molecule has 3 rings (SSSR count). The normalized spacial score (nSPS) is 11.1. The molecule has 0 radical (unpaired) electrons. The Morgan fingerprint density at radius 2 is 1.51 bits per heavy atom. The van der Waals surface area contributed by atoms with Crippen LogP contribution in [0.25, 0.3) is 0 Å². The lowest BCUT2D eigenvalue weighted by Crippen LogP contribution is -2.32. The van der Waals surface area contributed by atoms with Crippen LogP contribution < -0.4 is 16.0 Å². The van der Waals surface area contributed by atoms with Crippen molar-refractivity contribution in [3.8, 4) is 0 Å². The molecule has 3 amide bonds. The first kappa shape index (κ1) is 25.5. The van der Waals surface area contributed by atoms with Crippen LogP contribution in [0.4, 0.5) is 5.69 Å². The average molecular weight is 494 g/mol. The quantitative estimate of drug-likeness (QED) is 0.393. The van der Waals surface area contributed by atoms with Gasteiger partial charge in [0.15, 0.2) is 6.61 Å². The summed E-state index contributed by atoms with van der Waals surface area (Å²) in [6.45, 7) is 0.872. The summed E-state index contributed by atoms with van der Waals surface area (Å²) in [6, 6.07) is 21.9. The fourth-order valence-corrected chi connectivity index (χ4v) is 3.25. The van der Waals surface area contributed by atoms with E-state index in [1.807, 2.05) is 37.3 Å². The number of halogens is 1. The summed E-state index contributed by atoms with van der Waals surface area (Å²) in [6.07, 6.45) is 0. The minimum absolute atomic E-state index is 0.239. The first-order valence-electron chi connectivity index (χ1n) is 10.8. The van der Waals surface area contributed by atoms with Crippen LogP contribution in [0.2, 0.25) is 5.02 Å². The van der Waals surface area contributed by atoms with Crippen LogP contribution in [-0.4, -0.2) is 36.8 Å². The summed E-state index contributed by atoms with van der Waals surface area (Å²) >= 11 is 5.78. The van der Waals surface area contributed by atoms with Gasteiger partial charge in [-0.25, -0.2) is 0 Å². The molecule has 1 unspecified atom stereocenters. The predicted molar refractivity (Wildman–Crippen MR) is 132 cm³/mol. The minimum Gasteiger partial charge on any atom is -0.454 e. The Balaban J connectivity index is 1.49. The smallest absolute Gasteiger partial charge is 0.325 e. The van der Waals surface area contributed by atoms with Gasteiger partial charge in [-0.3, -0.25) is 19.2 Å². The molecule has 1 atom stereocenters. The number of esters is 1. The number of amides is 3. The summed E-state index contributed by atoms with van der Waals surface area (Å²) < 4.78 is 4.92. The molecule has 0 bridgehead atoms.